The molecule has 2 heterocycles. The highest BCUT2D eigenvalue weighted by Crippen LogP contribution is 2.37. The summed E-state index contributed by atoms with van der Waals surface area (Å²) in [6.07, 6.45) is 0. The van der Waals surface area contributed by atoms with Crippen LogP contribution in [-0.2, 0) is 0 Å². The zero-order valence-electron chi connectivity index (χ0n) is 13.1. The van der Waals surface area contributed by atoms with E-state index in [0.29, 0.717) is 27.2 Å². The molecule has 4 aromatic rings. The van der Waals surface area contributed by atoms with Crippen molar-refractivity contribution in [1.29, 1.82) is 0 Å². The van der Waals surface area contributed by atoms with Crippen LogP contribution in [0.5, 0.6) is 0 Å². The first kappa shape index (κ1) is 15.9. The van der Waals surface area contributed by atoms with Gasteiger partial charge in [0.15, 0.2) is 5.65 Å². The number of halogens is 2. The lowest BCUT2D eigenvalue weighted by molar-refractivity contribution is 0.822. The van der Waals surface area contributed by atoms with Crippen LogP contribution in [-0.4, -0.2) is 19.6 Å². The number of aromatic nitrogens is 4. The second-order valence-electron chi connectivity index (χ2n) is 5.57. The molecule has 2 aromatic heterocycles. The molecule has 2 aromatic carbocycles. The van der Waals surface area contributed by atoms with Gasteiger partial charge >= 0.3 is 5.69 Å². The number of aryl methyl sites for hydroxylation is 1. The minimum Gasteiger partial charge on any atom is -0.294 e. The average Bonchev–Trinajstić information content (AvgIpc) is 2.95. The van der Waals surface area contributed by atoms with Crippen molar-refractivity contribution in [3.8, 4) is 22.4 Å². The molecular formula is C18H12Cl2N4O. The van der Waals surface area contributed by atoms with Crippen LogP contribution in [0.3, 0.4) is 0 Å². The van der Waals surface area contributed by atoms with E-state index in [1.165, 1.54) is 4.52 Å². The van der Waals surface area contributed by atoms with Crippen LogP contribution in [0.1, 0.15) is 5.82 Å². The SMILES string of the molecule is Cc1nc2c(-c3ccc(Cl)cc3)c(-c3ccccc3Cl)nn2c(=O)[nH]1. The lowest BCUT2D eigenvalue weighted by Gasteiger charge is -2.05. The van der Waals surface area contributed by atoms with Crippen molar-refractivity contribution >= 4 is 28.8 Å². The van der Waals surface area contributed by atoms with E-state index in [1.54, 1.807) is 25.1 Å². The Bertz CT molecular complexity index is 1150. The highest BCUT2D eigenvalue weighted by Gasteiger charge is 2.20. The van der Waals surface area contributed by atoms with Gasteiger partial charge in [0.1, 0.15) is 11.5 Å². The van der Waals surface area contributed by atoms with E-state index in [2.05, 4.69) is 15.1 Å². The Morgan fingerprint density at radius 3 is 2.48 bits per heavy atom. The Hall–Kier alpha value is -2.63. The largest absolute Gasteiger partial charge is 0.349 e. The van der Waals surface area contributed by atoms with Gasteiger partial charge < -0.3 is 0 Å². The van der Waals surface area contributed by atoms with E-state index in [1.807, 2.05) is 30.3 Å². The van der Waals surface area contributed by atoms with E-state index < -0.39 is 0 Å². The van der Waals surface area contributed by atoms with Crippen LogP contribution < -0.4 is 5.69 Å². The topological polar surface area (TPSA) is 63.1 Å². The fourth-order valence-corrected chi connectivity index (χ4v) is 3.12. The molecule has 0 bridgehead atoms. The third-order valence-electron chi connectivity index (χ3n) is 3.88. The summed E-state index contributed by atoms with van der Waals surface area (Å²) in [5, 5.41) is 5.65. The summed E-state index contributed by atoms with van der Waals surface area (Å²) in [4.78, 5) is 19.5. The van der Waals surface area contributed by atoms with Crippen LogP contribution in [0.25, 0.3) is 28.0 Å². The van der Waals surface area contributed by atoms with Gasteiger partial charge in [-0.05, 0) is 30.7 Å². The number of rotatable bonds is 2. The molecule has 0 unspecified atom stereocenters. The number of hydrogen-bond donors (Lipinski definition) is 1. The summed E-state index contributed by atoms with van der Waals surface area (Å²) < 4.78 is 1.26. The minimum atomic E-state index is -0.351. The molecule has 0 aliphatic carbocycles. The lowest BCUT2D eigenvalue weighted by Crippen LogP contribution is -2.19. The molecule has 5 nitrogen and oxygen atoms in total. The molecule has 124 valence electrons. The van der Waals surface area contributed by atoms with E-state index >= 15 is 0 Å². The van der Waals surface area contributed by atoms with Crippen molar-refractivity contribution in [1.82, 2.24) is 19.6 Å². The maximum absolute atomic E-state index is 12.3. The van der Waals surface area contributed by atoms with Crippen LogP contribution in [0, 0.1) is 6.92 Å². The van der Waals surface area contributed by atoms with Gasteiger partial charge in [-0.3, -0.25) is 4.98 Å². The molecule has 0 aliphatic heterocycles. The molecule has 7 heteroatoms. The molecule has 0 aliphatic rings. The molecule has 4 rings (SSSR count). The van der Waals surface area contributed by atoms with E-state index in [-0.39, 0.29) is 5.69 Å². The highest BCUT2D eigenvalue weighted by atomic mass is 35.5. The van der Waals surface area contributed by atoms with Gasteiger partial charge in [-0.2, -0.15) is 9.61 Å². The number of aromatic amines is 1. The Labute approximate surface area is 152 Å². The third kappa shape index (κ3) is 2.71. The fourth-order valence-electron chi connectivity index (χ4n) is 2.77. The molecule has 1 N–H and O–H groups in total. The van der Waals surface area contributed by atoms with E-state index in [9.17, 15) is 4.79 Å². The molecule has 0 saturated heterocycles. The van der Waals surface area contributed by atoms with Crippen LogP contribution in [0.2, 0.25) is 10.0 Å². The Kier molecular flexibility index (Phi) is 3.82. The van der Waals surface area contributed by atoms with Crippen LogP contribution in [0.15, 0.2) is 53.3 Å². The van der Waals surface area contributed by atoms with Gasteiger partial charge in [-0.1, -0.05) is 53.5 Å². The van der Waals surface area contributed by atoms with Gasteiger partial charge in [0.05, 0.1) is 10.6 Å². The van der Waals surface area contributed by atoms with E-state index in [4.69, 9.17) is 23.2 Å². The van der Waals surface area contributed by atoms with Gasteiger partial charge in [0, 0.05) is 10.6 Å². The molecule has 0 atom stereocenters. The second kappa shape index (κ2) is 6.02. The maximum atomic E-state index is 12.3. The maximum Gasteiger partial charge on any atom is 0.349 e. The quantitative estimate of drug-likeness (QED) is 0.569. The lowest BCUT2D eigenvalue weighted by atomic mass is 10.0. The van der Waals surface area contributed by atoms with Gasteiger partial charge in [-0.25, -0.2) is 9.78 Å². The van der Waals surface area contributed by atoms with Gasteiger partial charge in [0.2, 0.25) is 0 Å². The number of H-pyrrole nitrogens is 1. The van der Waals surface area contributed by atoms with Crippen molar-refractivity contribution in [2.24, 2.45) is 0 Å². The van der Waals surface area contributed by atoms with Crippen molar-refractivity contribution in [3.63, 3.8) is 0 Å². The smallest absolute Gasteiger partial charge is 0.294 e. The first-order valence-corrected chi connectivity index (χ1v) is 8.30. The molecule has 0 saturated carbocycles. The third-order valence-corrected chi connectivity index (χ3v) is 4.46. The van der Waals surface area contributed by atoms with E-state index in [0.717, 1.165) is 16.7 Å². The highest BCUT2D eigenvalue weighted by molar-refractivity contribution is 6.33. The normalized spacial score (nSPS) is 11.2. The Morgan fingerprint density at radius 1 is 1.04 bits per heavy atom. The average molecular weight is 371 g/mol. The number of nitrogens with one attached hydrogen (secondary N) is 1. The summed E-state index contributed by atoms with van der Waals surface area (Å²) >= 11 is 12.4. The monoisotopic (exact) mass is 370 g/mol. The summed E-state index contributed by atoms with van der Waals surface area (Å²) in [7, 11) is 0. The number of nitrogens with zero attached hydrogens (tertiary/aromatic N) is 3. The Balaban J connectivity index is 2.14. The summed E-state index contributed by atoms with van der Waals surface area (Å²) in [6.45, 7) is 1.73. The molecule has 0 fully saturated rings. The standard InChI is InChI=1S/C18H12Cl2N4O/c1-10-21-17-15(11-6-8-12(19)9-7-11)16(23-24(17)18(25)22-10)13-4-2-3-5-14(13)20/h2-9H,1H3,(H,21,22,25). The molecular weight excluding hydrogens is 359 g/mol. The number of hydrogen-bond acceptors (Lipinski definition) is 3. The van der Waals surface area contributed by atoms with Crippen molar-refractivity contribution in [2.45, 2.75) is 6.92 Å². The van der Waals surface area contributed by atoms with Gasteiger partial charge in [-0.15, -0.1) is 0 Å². The van der Waals surface area contributed by atoms with Crippen LogP contribution in [0.4, 0.5) is 0 Å². The second-order valence-corrected chi connectivity index (χ2v) is 6.42. The summed E-state index contributed by atoms with van der Waals surface area (Å²) in [5.74, 6) is 0.512. The minimum absolute atomic E-state index is 0.351. The molecule has 0 spiro atoms. The fraction of sp³-hybridized carbons (Fsp3) is 0.0556. The number of benzene rings is 2. The summed E-state index contributed by atoms with van der Waals surface area (Å²) in [6, 6.07) is 14.7. The summed E-state index contributed by atoms with van der Waals surface area (Å²) in [5.41, 5.74) is 3.04. The van der Waals surface area contributed by atoms with Gasteiger partial charge in [0.25, 0.3) is 0 Å². The van der Waals surface area contributed by atoms with Crippen molar-refractivity contribution in [2.75, 3.05) is 0 Å². The molecule has 25 heavy (non-hydrogen) atoms. The molecule has 0 radical (unpaired) electrons. The van der Waals surface area contributed by atoms with Crippen molar-refractivity contribution < 1.29 is 0 Å². The predicted octanol–water partition coefficient (Wildman–Crippen LogP) is 4.37. The zero-order valence-corrected chi connectivity index (χ0v) is 14.6. The van der Waals surface area contributed by atoms with Crippen LogP contribution >= 0.6 is 23.2 Å². The first-order valence-electron chi connectivity index (χ1n) is 7.55. The molecule has 0 amide bonds. The zero-order chi connectivity index (χ0) is 17.6. The van der Waals surface area contributed by atoms with Crippen molar-refractivity contribution in [3.05, 3.63) is 74.9 Å². The predicted molar refractivity (Wildman–Crippen MR) is 99.2 cm³/mol. The number of fused-ring (bicyclic) bond motifs is 1. The first-order chi connectivity index (χ1) is 12.0. The Morgan fingerprint density at radius 2 is 1.76 bits per heavy atom.